The third-order valence-electron chi connectivity index (χ3n) is 11.3. The first-order chi connectivity index (χ1) is 28.9. The molecule has 6 heteroatoms. The minimum atomic E-state index is -1.34. The van der Waals surface area contributed by atoms with Crippen LogP contribution in [0.4, 0.5) is 0 Å². The van der Waals surface area contributed by atoms with Gasteiger partial charge in [-0.2, -0.15) is 0 Å². The van der Waals surface area contributed by atoms with Gasteiger partial charge in [0.05, 0.1) is 24.9 Å². The van der Waals surface area contributed by atoms with E-state index < -0.39 is 8.07 Å². The van der Waals surface area contributed by atoms with Gasteiger partial charge in [-0.1, -0.05) is 163 Å². The standard InChI is InChI=1S/C37H31N2O.C18H24NSi.Ir/c1-23(2)29-19-28(25-12-6-5-7-13-25)20-30(24(3)4)36(29)39-34-17-11-10-16-33(34)38-37(39)32-22-40-35-21-27-15-9-8-14-26(27)18-31(32)35;1-14(2)11-16-12-17(15-9-7-6-8-10-15)19-13-18(16)20(3,4)5;/h5-21,23-24H,1-4H3;6-9,12-14H,11H2,1-5H3;/q2*-1;. The summed E-state index contributed by atoms with van der Waals surface area (Å²) in [6.45, 7) is 20.9. The maximum absolute atomic E-state index is 6.05. The normalized spacial score (nSPS) is 11.7. The van der Waals surface area contributed by atoms with Crippen LogP contribution >= 0.6 is 0 Å². The van der Waals surface area contributed by atoms with Gasteiger partial charge in [0.15, 0.2) is 0 Å². The molecule has 0 saturated heterocycles. The van der Waals surface area contributed by atoms with Crippen LogP contribution in [0.5, 0.6) is 0 Å². The Hall–Kier alpha value is -5.39. The van der Waals surface area contributed by atoms with E-state index in [1.165, 1.54) is 44.1 Å². The van der Waals surface area contributed by atoms with Crippen molar-refractivity contribution < 1.29 is 24.5 Å². The van der Waals surface area contributed by atoms with Crippen molar-refractivity contribution in [3.63, 3.8) is 0 Å². The summed E-state index contributed by atoms with van der Waals surface area (Å²) >= 11 is 0. The van der Waals surface area contributed by atoms with Crippen molar-refractivity contribution in [2.75, 3.05) is 0 Å². The molecule has 3 heterocycles. The van der Waals surface area contributed by atoms with Crippen LogP contribution in [0.1, 0.15) is 70.1 Å². The third-order valence-corrected chi connectivity index (χ3v) is 13.4. The van der Waals surface area contributed by atoms with Crippen LogP contribution in [-0.4, -0.2) is 22.6 Å². The summed E-state index contributed by atoms with van der Waals surface area (Å²) in [4.78, 5) is 9.90. The van der Waals surface area contributed by atoms with Crippen molar-refractivity contribution in [1.29, 1.82) is 0 Å². The number of imidazole rings is 1. The molecular weight excluding hydrogens is 939 g/mol. The molecule has 0 aliphatic heterocycles. The minimum absolute atomic E-state index is 0. The molecule has 0 aliphatic carbocycles. The van der Waals surface area contributed by atoms with Crippen LogP contribution in [-0.2, 0) is 26.5 Å². The second-order valence-electron chi connectivity index (χ2n) is 18.1. The fourth-order valence-corrected chi connectivity index (χ4v) is 9.93. The Morgan fingerprint density at radius 1 is 0.689 bits per heavy atom. The van der Waals surface area contributed by atoms with Crippen LogP contribution < -0.4 is 5.19 Å². The summed E-state index contributed by atoms with van der Waals surface area (Å²) in [6.07, 6.45) is 6.49. The van der Waals surface area contributed by atoms with Crippen molar-refractivity contribution in [3.05, 3.63) is 169 Å². The summed E-state index contributed by atoms with van der Waals surface area (Å²) in [6, 6.07) is 50.1. The summed E-state index contributed by atoms with van der Waals surface area (Å²) < 4.78 is 8.40. The Labute approximate surface area is 376 Å². The predicted octanol–water partition coefficient (Wildman–Crippen LogP) is 14.6. The Balaban J connectivity index is 0.000000226. The third kappa shape index (κ3) is 9.14. The molecule has 61 heavy (non-hydrogen) atoms. The number of benzene rings is 6. The van der Waals surface area contributed by atoms with Crippen molar-refractivity contribution in [1.82, 2.24) is 14.5 Å². The minimum Gasteiger partial charge on any atom is -0.557 e. The summed E-state index contributed by atoms with van der Waals surface area (Å²) in [5, 5.41) is 4.84. The summed E-state index contributed by atoms with van der Waals surface area (Å²) in [5.74, 6) is 2.13. The number of furan rings is 1. The molecule has 9 rings (SSSR count). The van der Waals surface area contributed by atoms with Gasteiger partial charge in [-0.15, -0.1) is 35.9 Å². The fourth-order valence-electron chi connectivity index (χ4n) is 8.34. The van der Waals surface area contributed by atoms with Gasteiger partial charge in [-0.3, -0.25) is 4.98 Å². The molecule has 0 bridgehead atoms. The van der Waals surface area contributed by atoms with Crippen LogP contribution in [0.3, 0.4) is 0 Å². The van der Waals surface area contributed by atoms with Gasteiger partial charge >= 0.3 is 0 Å². The molecule has 0 spiro atoms. The molecule has 0 unspecified atom stereocenters. The van der Waals surface area contributed by atoms with Gasteiger partial charge < -0.3 is 14.0 Å². The van der Waals surface area contributed by atoms with E-state index >= 15 is 0 Å². The second-order valence-corrected chi connectivity index (χ2v) is 23.1. The maximum atomic E-state index is 6.05. The van der Waals surface area contributed by atoms with E-state index in [4.69, 9.17) is 9.40 Å². The zero-order chi connectivity index (χ0) is 42.1. The predicted molar refractivity (Wildman–Crippen MR) is 256 cm³/mol. The average Bonchev–Trinajstić information content (AvgIpc) is 3.83. The number of para-hydroxylation sites is 2. The van der Waals surface area contributed by atoms with E-state index in [0.29, 0.717) is 17.8 Å². The van der Waals surface area contributed by atoms with Gasteiger partial charge in [0.1, 0.15) is 0 Å². The molecule has 0 fully saturated rings. The summed E-state index contributed by atoms with van der Waals surface area (Å²) in [7, 11) is -1.34. The number of nitrogens with zero attached hydrogens (tertiary/aromatic N) is 3. The molecule has 0 saturated carbocycles. The number of hydrogen-bond acceptors (Lipinski definition) is 3. The van der Waals surface area contributed by atoms with Gasteiger partial charge in [-0.25, -0.2) is 0 Å². The molecular formula is C55H55IrN3OSi-2. The van der Waals surface area contributed by atoms with Crippen LogP contribution in [0, 0.1) is 18.2 Å². The number of aromatic nitrogens is 3. The van der Waals surface area contributed by atoms with E-state index in [0.717, 1.165) is 56.5 Å². The summed E-state index contributed by atoms with van der Waals surface area (Å²) in [5.41, 5.74) is 13.6. The van der Waals surface area contributed by atoms with E-state index in [9.17, 15) is 0 Å². The number of rotatable bonds is 9. The first-order valence-corrected chi connectivity index (χ1v) is 24.9. The zero-order valence-corrected chi connectivity index (χ0v) is 40.2. The molecule has 0 atom stereocenters. The Bertz CT molecular complexity index is 2890. The van der Waals surface area contributed by atoms with Crippen molar-refractivity contribution in [2.24, 2.45) is 5.92 Å². The molecule has 9 aromatic rings. The van der Waals surface area contributed by atoms with Crippen molar-refractivity contribution in [3.8, 4) is 39.5 Å². The van der Waals surface area contributed by atoms with Gasteiger partial charge in [0, 0.05) is 43.8 Å². The quantitative estimate of drug-likeness (QED) is 0.107. The topological polar surface area (TPSA) is 43.9 Å². The van der Waals surface area contributed by atoms with Crippen LogP contribution in [0.2, 0.25) is 19.6 Å². The molecule has 1 radical (unpaired) electrons. The van der Waals surface area contributed by atoms with E-state index in [1.54, 1.807) is 0 Å². The molecule has 0 N–H and O–H groups in total. The van der Waals surface area contributed by atoms with Gasteiger partial charge in [0.2, 0.25) is 0 Å². The smallest absolute Gasteiger partial charge is 0.0798 e. The van der Waals surface area contributed by atoms with E-state index in [2.05, 4.69) is 205 Å². The monoisotopic (exact) mass is 994 g/mol. The molecule has 311 valence electrons. The SMILES string of the molecule is CC(C)Cc1cc(-c2[c-]cccc2)ncc1[Si](C)(C)C.CC(C)c1cc(-c2ccccc2)cc(C(C)C)c1-n1c(-c2[c-]oc3cc4ccccc4cc23)nc2ccccc21.[Ir]. The molecule has 0 amide bonds. The zero-order valence-electron chi connectivity index (χ0n) is 36.8. The fraction of sp³-hybridized carbons (Fsp3) is 0.236. The Kier molecular flexibility index (Phi) is 13.1. The Morgan fingerprint density at radius 2 is 1.33 bits per heavy atom. The van der Waals surface area contributed by atoms with Crippen LogP contribution in [0.15, 0.2) is 144 Å². The number of hydrogen-bond donors (Lipinski definition) is 0. The molecule has 4 nitrogen and oxygen atoms in total. The van der Waals surface area contributed by atoms with E-state index in [1.807, 2.05) is 18.2 Å². The average molecular weight is 994 g/mol. The molecule has 6 aromatic carbocycles. The van der Waals surface area contributed by atoms with Crippen LogP contribution in [0.25, 0.3) is 72.2 Å². The first kappa shape index (κ1) is 43.7. The van der Waals surface area contributed by atoms with Gasteiger partial charge in [0.25, 0.3) is 0 Å². The second kappa shape index (κ2) is 18.3. The van der Waals surface area contributed by atoms with Crippen molar-refractivity contribution in [2.45, 2.75) is 79.4 Å². The molecule has 0 aliphatic rings. The van der Waals surface area contributed by atoms with E-state index in [-0.39, 0.29) is 20.1 Å². The van der Waals surface area contributed by atoms with Crippen molar-refractivity contribution >= 4 is 46.0 Å². The maximum Gasteiger partial charge on any atom is 0.0798 e. The Morgan fingerprint density at radius 3 is 1.97 bits per heavy atom. The molecule has 3 aromatic heterocycles. The largest absolute Gasteiger partial charge is 0.557 e. The first-order valence-electron chi connectivity index (χ1n) is 21.4. The van der Waals surface area contributed by atoms with Gasteiger partial charge in [-0.05, 0) is 92.3 Å². The number of pyridine rings is 1. The number of fused-ring (bicyclic) bond motifs is 3.